The minimum atomic E-state index is 0.614. The fraction of sp³-hybridized carbons (Fsp3) is 0.667. The van der Waals surface area contributed by atoms with Gasteiger partial charge in [-0.3, -0.25) is 0 Å². The minimum Gasteiger partial charge on any atom is -0.490 e. The summed E-state index contributed by atoms with van der Waals surface area (Å²) in [5, 5.41) is 3.61. The highest BCUT2D eigenvalue weighted by Gasteiger charge is 2.39. The van der Waals surface area contributed by atoms with Crippen LogP contribution in [0.1, 0.15) is 39.0 Å². The summed E-state index contributed by atoms with van der Waals surface area (Å²) in [4.78, 5) is 4.44. The zero-order valence-electron chi connectivity index (χ0n) is 11.1. The van der Waals surface area contributed by atoms with Gasteiger partial charge in [0.25, 0.3) is 0 Å². The van der Waals surface area contributed by atoms with Crippen molar-refractivity contribution in [2.45, 2.75) is 45.1 Å². The van der Waals surface area contributed by atoms with Crippen LogP contribution in [0, 0.1) is 11.8 Å². The summed E-state index contributed by atoms with van der Waals surface area (Å²) in [5.41, 5.74) is 0. The van der Waals surface area contributed by atoms with E-state index in [9.17, 15) is 0 Å². The number of hydrogen-bond donors (Lipinski definition) is 1. The maximum atomic E-state index is 5.75. The number of nitrogens with one attached hydrogen (secondary N) is 1. The molecule has 0 amide bonds. The Labute approximate surface area is 109 Å². The highest BCUT2D eigenvalue weighted by molar-refractivity contribution is 5.50. The molecule has 0 aromatic carbocycles. The Morgan fingerprint density at radius 3 is 3.06 bits per heavy atom. The lowest BCUT2D eigenvalue weighted by Crippen LogP contribution is -2.26. The first-order valence-corrected chi connectivity index (χ1v) is 7.21. The molecule has 1 N–H and O–H groups in total. The average molecular weight is 246 g/mol. The van der Waals surface area contributed by atoms with Crippen LogP contribution in [0.5, 0.6) is 5.75 Å². The molecule has 3 unspecified atom stereocenters. The largest absolute Gasteiger partial charge is 0.490 e. The van der Waals surface area contributed by atoms with Crippen LogP contribution < -0.4 is 10.1 Å². The van der Waals surface area contributed by atoms with E-state index in [0.717, 1.165) is 36.4 Å². The second-order valence-electron chi connectivity index (χ2n) is 5.62. The van der Waals surface area contributed by atoms with Gasteiger partial charge in [0.15, 0.2) is 11.6 Å². The second-order valence-corrected chi connectivity index (χ2v) is 5.62. The first-order chi connectivity index (χ1) is 8.86. The van der Waals surface area contributed by atoms with Crippen molar-refractivity contribution in [1.82, 2.24) is 4.98 Å². The number of hydrogen-bond acceptors (Lipinski definition) is 3. The van der Waals surface area contributed by atoms with Gasteiger partial charge >= 0.3 is 0 Å². The molecule has 0 aliphatic heterocycles. The SMILES string of the molecule is CCCOc1cccnc1NC1CC2CCC1C2. The molecule has 3 nitrogen and oxygen atoms in total. The smallest absolute Gasteiger partial charge is 0.168 e. The molecule has 0 spiro atoms. The van der Waals surface area contributed by atoms with Crippen LogP contribution in [-0.2, 0) is 0 Å². The molecule has 2 aliphatic carbocycles. The number of nitrogens with zero attached hydrogens (tertiary/aromatic N) is 1. The Morgan fingerprint density at radius 1 is 1.39 bits per heavy atom. The lowest BCUT2D eigenvalue weighted by Gasteiger charge is -2.24. The molecule has 2 aliphatic rings. The Bertz CT molecular complexity index is 407. The van der Waals surface area contributed by atoms with E-state index in [0.29, 0.717) is 6.04 Å². The van der Waals surface area contributed by atoms with Crippen LogP contribution in [0.15, 0.2) is 18.3 Å². The first kappa shape index (κ1) is 11.8. The topological polar surface area (TPSA) is 34.1 Å². The summed E-state index contributed by atoms with van der Waals surface area (Å²) in [5.74, 6) is 3.65. The van der Waals surface area contributed by atoms with Crippen LogP contribution in [0.4, 0.5) is 5.82 Å². The van der Waals surface area contributed by atoms with Gasteiger partial charge in [0, 0.05) is 12.2 Å². The van der Waals surface area contributed by atoms with E-state index in [2.05, 4.69) is 17.2 Å². The zero-order chi connectivity index (χ0) is 12.4. The van der Waals surface area contributed by atoms with Crippen LogP contribution in [0.2, 0.25) is 0 Å². The molecule has 2 fully saturated rings. The third-order valence-corrected chi connectivity index (χ3v) is 4.29. The number of ether oxygens (including phenoxy) is 1. The molecule has 18 heavy (non-hydrogen) atoms. The van der Waals surface area contributed by atoms with Gasteiger partial charge in [0.2, 0.25) is 0 Å². The summed E-state index contributed by atoms with van der Waals surface area (Å²) in [6, 6.07) is 4.57. The van der Waals surface area contributed by atoms with Gasteiger partial charge in [-0.05, 0) is 49.7 Å². The number of rotatable bonds is 5. The minimum absolute atomic E-state index is 0.614. The first-order valence-electron chi connectivity index (χ1n) is 7.21. The van der Waals surface area contributed by atoms with Crippen LogP contribution in [-0.4, -0.2) is 17.6 Å². The van der Waals surface area contributed by atoms with Crippen molar-refractivity contribution in [2.75, 3.05) is 11.9 Å². The van der Waals surface area contributed by atoms with E-state index in [1.54, 1.807) is 0 Å². The van der Waals surface area contributed by atoms with Crippen molar-refractivity contribution in [1.29, 1.82) is 0 Å². The van der Waals surface area contributed by atoms with E-state index in [1.807, 2.05) is 18.3 Å². The fourth-order valence-electron chi connectivity index (χ4n) is 3.42. The van der Waals surface area contributed by atoms with E-state index in [4.69, 9.17) is 4.74 Å². The maximum Gasteiger partial charge on any atom is 0.168 e. The molecule has 0 saturated heterocycles. The van der Waals surface area contributed by atoms with Gasteiger partial charge in [-0.25, -0.2) is 4.98 Å². The Kier molecular flexibility index (Phi) is 3.39. The highest BCUT2D eigenvalue weighted by atomic mass is 16.5. The Morgan fingerprint density at radius 2 is 2.33 bits per heavy atom. The average Bonchev–Trinajstić information content (AvgIpc) is 3.00. The molecule has 1 heterocycles. The molecule has 2 bridgehead atoms. The van der Waals surface area contributed by atoms with Gasteiger partial charge in [0.05, 0.1) is 6.61 Å². The normalized spacial score (nSPS) is 29.5. The number of pyridine rings is 1. The number of anilines is 1. The van der Waals surface area contributed by atoms with Crippen LogP contribution >= 0.6 is 0 Å². The van der Waals surface area contributed by atoms with Gasteiger partial charge in [-0.15, -0.1) is 0 Å². The third kappa shape index (κ3) is 2.31. The third-order valence-electron chi connectivity index (χ3n) is 4.29. The van der Waals surface area contributed by atoms with Crippen molar-refractivity contribution in [3.63, 3.8) is 0 Å². The lowest BCUT2D eigenvalue weighted by molar-refractivity contribution is 0.317. The molecule has 2 saturated carbocycles. The standard InChI is InChI=1S/C15H22N2O/c1-2-8-18-14-4-3-7-16-15(14)17-13-10-11-5-6-12(13)9-11/h3-4,7,11-13H,2,5-6,8-10H2,1H3,(H,16,17). The summed E-state index contributed by atoms with van der Waals surface area (Å²) in [6.07, 6.45) is 8.42. The number of aromatic nitrogens is 1. The molecule has 3 atom stereocenters. The molecule has 3 rings (SSSR count). The van der Waals surface area contributed by atoms with Gasteiger partial charge in [-0.1, -0.05) is 13.3 Å². The highest BCUT2D eigenvalue weighted by Crippen LogP contribution is 2.45. The fourth-order valence-corrected chi connectivity index (χ4v) is 3.42. The van der Waals surface area contributed by atoms with Crippen LogP contribution in [0.25, 0.3) is 0 Å². The molecule has 3 heteroatoms. The monoisotopic (exact) mass is 246 g/mol. The summed E-state index contributed by atoms with van der Waals surface area (Å²) in [7, 11) is 0. The van der Waals surface area contributed by atoms with Crippen molar-refractivity contribution in [3.05, 3.63) is 18.3 Å². The summed E-state index contributed by atoms with van der Waals surface area (Å²) >= 11 is 0. The van der Waals surface area contributed by atoms with Crippen molar-refractivity contribution in [3.8, 4) is 5.75 Å². The van der Waals surface area contributed by atoms with E-state index >= 15 is 0 Å². The molecular formula is C15H22N2O. The van der Waals surface area contributed by atoms with E-state index in [1.165, 1.54) is 25.7 Å². The van der Waals surface area contributed by atoms with Crippen molar-refractivity contribution < 1.29 is 4.74 Å². The lowest BCUT2D eigenvalue weighted by atomic mass is 9.95. The molecule has 98 valence electrons. The molecular weight excluding hydrogens is 224 g/mol. The molecule has 1 aromatic heterocycles. The van der Waals surface area contributed by atoms with Gasteiger partial charge < -0.3 is 10.1 Å². The summed E-state index contributed by atoms with van der Waals surface area (Å²) in [6.45, 7) is 2.89. The van der Waals surface area contributed by atoms with Crippen molar-refractivity contribution >= 4 is 5.82 Å². The van der Waals surface area contributed by atoms with Gasteiger partial charge in [-0.2, -0.15) is 0 Å². The summed E-state index contributed by atoms with van der Waals surface area (Å²) < 4.78 is 5.75. The van der Waals surface area contributed by atoms with E-state index in [-0.39, 0.29) is 0 Å². The quantitative estimate of drug-likeness (QED) is 0.863. The second kappa shape index (κ2) is 5.17. The molecule has 0 radical (unpaired) electrons. The Hall–Kier alpha value is -1.25. The van der Waals surface area contributed by atoms with E-state index < -0.39 is 0 Å². The predicted octanol–water partition coefficient (Wildman–Crippen LogP) is 3.47. The predicted molar refractivity (Wildman–Crippen MR) is 72.9 cm³/mol. The van der Waals surface area contributed by atoms with Gasteiger partial charge in [0.1, 0.15) is 0 Å². The maximum absolute atomic E-state index is 5.75. The Balaban J connectivity index is 1.68. The van der Waals surface area contributed by atoms with Crippen molar-refractivity contribution in [2.24, 2.45) is 11.8 Å². The zero-order valence-corrected chi connectivity index (χ0v) is 11.1. The van der Waals surface area contributed by atoms with Crippen LogP contribution in [0.3, 0.4) is 0 Å². The molecule has 1 aromatic rings. The number of fused-ring (bicyclic) bond motifs is 2.